The highest BCUT2D eigenvalue weighted by Gasteiger charge is 2.41. The summed E-state index contributed by atoms with van der Waals surface area (Å²) >= 11 is 12.3. The van der Waals surface area contributed by atoms with Gasteiger partial charge < -0.3 is 10.6 Å². The molecular formula is C19H17Cl2N5O. The third kappa shape index (κ3) is 3.38. The molecule has 0 unspecified atom stereocenters. The summed E-state index contributed by atoms with van der Waals surface area (Å²) in [6.07, 6.45) is 1.47. The smallest absolute Gasteiger partial charge is 0.232 e. The van der Waals surface area contributed by atoms with Gasteiger partial charge in [0.25, 0.3) is 0 Å². The minimum Gasteiger partial charge on any atom is -0.351 e. The van der Waals surface area contributed by atoms with E-state index in [9.17, 15) is 4.79 Å². The zero-order chi connectivity index (χ0) is 19.0. The summed E-state index contributed by atoms with van der Waals surface area (Å²) in [5, 5.41) is 11.5. The summed E-state index contributed by atoms with van der Waals surface area (Å²) in [4.78, 5) is 17.4. The molecule has 4 rings (SSSR count). The fraction of sp³-hybridized carbons (Fsp3) is 0.211. The lowest BCUT2D eigenvalue weighted by atomic mass is 9.85. The fourth-order valence-electron chi connectivity index (χ4n) is 3.44. The predicted octanol–water partition coefficient (Wildman–Crippen LogP) is 4.24. The third-order valence-corrected chi connectivity index (χ3v) is 5.44. The van der Waals surface area contributed by atoms with Crippen LogP contribution in [0.4, 0.5) is 11.6 Å². The van der Waals surface area contributed by atoms with E-state index in [2.05, 4.69) is 20.7 Å². The fourth-order valence-corrected chi connectivity index (χ4v) is 3.74. The summed E-state index contributed by atoms with van der Waals surface area (Å²) in [7, 11) is 0. The molecule has 2 heterocycles. The van der Waals surface area contributed by atoms with Crippen molar-refractivity contribution in [1.29, 1.82) is 0 Å². The summed E-state index contributed by atoms with van der Waals surface area (Å²) in [5.74, 6) is 0.0670. The molecule has 1 aliphatic rings. The molecule has 0 aliphatic carbocycles. The standard InChI is InChI=1S/C19H17Cl2N5O/c1-11-16(18(27)25-13-5-3-2-4-6-13)17(26-19(24-11)22-10-23-26)12-7-8-14(20)15(21)9-12/h2-11,16-17H,1H3,(H,25,27)(H,22,23,24)/t11-,16+,17+/m1/s1. The van der Waals surface area contributed by atoms with Gasteiger partial charge in [-0.25, -0.2) is 4.68 Å². The summed E-state index contributed by atoms with van der Waals surface area (Å²) in [6, 6.07) is 14.2. The van der Waals surface area contributed by atoms with Crippen molar-refractivity contribution in [2.45, 2.75) is 19.0 Å². The van der Waals surface area contributed by atoms with Gasteiger partial charge in [-0.2, -0.15) is 10.1 Å². The zero-order valence-corrected chi connectivity index (χ0v) is 15.9. The highest BCUT2D eigenvalue weighted by Crippen LogP contribution is 2.38. The van der Waals surface area contributed by atoms with E-state index < -0.39 is 5.92 Å². The van der Waals surface area contributed by atoms with Gasteiger partial charge in [0.15, 0.2) is 0 Å². The molecule has 8 heteroatoms. The maximum Gasteiger partial charge on any atom is 0.232 e. The minimum absolute atomic E-state index is 0.113. The summed E-state index contributed by atoms with van der Waals surface area (Å²) in [5.41, 5.74) is 1.59. The van der Waals surface area contributed by atoms with E-state index >= 15 is 0 Å². The summed E-state index contributed by atoms with van der Waals surface area (Å²) in [6.45, 7) is 1.96. The Balaban J connectivity index is 1.75. The molecule has 0 spiro atoms. The Kier molecular flexibility index (Phi) is 4.76. The van der Waals surface area contributed by atoms with Crippen molar-refractivity contribution in [2.24, 2.45) is 5.92 Å². The first-order chi connectivity index (χ1) is 13.0. The number of para-hydroxylation sites is 1. The number of carbonyl (C=O) groups excluding carboxylic acids is 1. The molecule has 2 aromatic carbocycles. The van der Waals surface area contributed by atoms with Crippen molar-refractivity contribution in [3.05, 3.63) is 70.5 Å². The highest BCUT2D eigenvalue weighted by atomic mass is 35.5. The first-order valence-corrected chi connectivity index (χ1v) is 9.27. The van der Waals surface area contributed by atoms with Crippen LogP contribution in [0.25, 0.3) is 0 Å². The maximum atomic E-state index is 13.2. The molecule has 27 heavy (non-hydrogen) atoms. The van der Waals surface area contributed by atoms with E-state index in [0.717, 1.165) is 11.3 Å². The van der Waals surface area contributed by atoms with Crippen LogP contribution in [0.2, 0.25) is 10.0 Å². The van der Waals surface area contributed by atoms with Gasteiger partial charge in [-0.15, -0.1) is 0 Å². The van der Waals surface area contributed by atoms with E-state index in [0.29, 0.717) is 16.0 Å². The molecule has 0 saturated carbocycles. The number of nitrogens with one attached hydrogen (secondary N) is 2. The lowest BCUT2D eigenvalue weighted by molar-refractivity contribution is -0.121. The van der Waals surface area contributed by atoms with Crippen molar-refractivity contribution in [2.75, 3.05) is 10.6 Å². The average molecular weight is 402 g/mol. The molecule has 0 fully saturated rings. The summed E-state index contributed by atoms with van der Waals surface area (Å²) < 4.78 is 1.72. The molecule has 138 valence electrons. The first-order valence-electron chi connectivity index (χ1n) is 8.51. The second-order valence-electron chi connectivity index (χ2n) is 6.46. The first kappa shape index (κ1) is 17.8. The predicted molar refractivity (Wildman–Crippen MR) is 106 cm³/mol. The van der Waals surface area contributed by atoms with Gasteiger partial charge >= 0.3 is 0 Å². The van der Waals surface area contributed by atoms with Crippen LogP contribution in [0.15, 0.2) is 54.9 Å². The molecule has 1 amide bonds. The third-order valence-electron chi connectivity index (χ3n) is 4.70. The molecule has 1 aliphatic heterocycles. The van der Waals surface area contributed by atoms with E-state index in [1.54, 1.807) is 16.8 Å². The number of carbonyl (C=O) groups is 1. The SMILES string of the molecule is C[C@H]1Nc2ncnn2[C@@H](c2ccc(Cl)c(Cl)c2)[C@H]1C(=O)Nc1ccccc1. The van der Waals surface area contributed by atoms with Crippen LogP contribution in [0.5, 0.6) is 0 Å². The molecule has 1 aromatic heterocycles. The Morgan fingerprint density at radius 2 is 1.93 bits per heavy atom. The van der Waals surface area contributed by atoms with Crippen LogP contribution >= 0.6 is 23.2 Å². The number of aromatic nitrogens is 3. The van der Waals surface area contributed by atoms with E-state index in [1.165, 1.54) is 6.33 Å². The molecule has 3 atom stereocenters. The number of fused-ring (bicyclic) bond motifs is 1. The van der Waals surface area contributed by atoms with Crippen LogP contribution in [0, 0.1) is 5.92 Å². The van der Waals surface area contributed by atoms with E-state index in [4.69, 9.17) is 23.2 Å². The number of hydrogen-bond acceptors (Lipinski definition) is 4. The van der Waals surface area contributed by atoms with Crippen molar-refractivity contribution in [3.8, 4) is 0 Å². The van der Waals surface area contributed by atoms with Crippen LogP contribution in [0.3, 0.4) is 0 Å². The second-order valence-corrected chi connectivity index (χ2v) is 7.28. The van der Waals surface area contributed by atoms with E-state index in [-0.39, 0.29) is 18.0 Å². The van der Waals surface area contributed by atoms with Crippen molar-refractivity contribution >= 4 is 40.7 Å². The van der Waals surface area contributed by atoms with Gasteiger partial charge in [-0.1, -0.05) is 47.5 Å². The molecule has 0 bridgehead atoms. The topological polar surface area (TPSA) is 71.8 Å². The van der Waals surface area contributed by atoms with Crippen molar-refractivity contribution in [3.63, 3.8) is 0 Å². The molecular weight excluding hydrogens is 385 g/mol. The Labute approximate surface area is 166 Å². The number of amides is 1. The average Bonchev–Trinajstić information content (AvgIpc) is 3.11. The lowest BCUT2D eigenvalue weighted by Crippen LogP contribution is -2.46. The minimum atomic E-state index is -0.434. The van der Waals surface area contributed by atoms with Gasteiger partial charge in [-0.05, 0) is 36.8 Å². The number of halogens is 2. The monoisotopic (exact) mass is 401 g/mol. The van der Waals surface area contributed by atoms with Crippen LogP contribution in [-0.4, -0.2) is 26.7 Å². The molecule has 3 aromatic rings. The Morgan fingerprint density at radius 1 is 1.15 bits per heavy atom. The number of anilines is 2. The van der Waals surface area contributed by atoms with Crippen molar-refractivity contribution in [1.82, 2.24) is 14.8 Å². The van der Waals surface area contributed by atoms with Gasteiger partial charge in [0.2, 0.25) is 11.9 Å². The number of nitrogens with zero attached hydrogens (tertiary/aromatic N) is 3. The van der Waals surface area contributed by atoms with Gasteiger partial charge in [0.05, 0.1) is 22.0 Å². The highest BCUT2D eigenvalue weighted by molar-refractivity contribution is 6.42. The molecule has 6 nitrogen and oxygen atoms in total. The molecule has 2 N–H and O–H groups in total. The molecule has 0 radical (unpaired) electrons. The number of rotatable bonds is 3. The van der Waals surface area contributed by atoms with Crippen LogP contribution in [-0.2, 0) is 4.79 Å². The zero-order valence-electron chi connectivity index (χ0n) is 14.4. The second kappa shape index (κ2) is 7.21. The quantitative estimate of drug-likeness (QED) is 0.688. The Hall–Kier alpha value is -2.57. The van der Waals surface area contributed by atoms with Gasteiger partial charge in [-0.3, -0.25) is 4.79 Å². The number of hydrogen-bond donors (Lipinski definition) is 2. The Bertz CT molecular complexity index is 975. The molecule has 0 saturated heterocycles. The van der Waals surface area contributed by atoms with Gasteiger partial charge in [0, 0.05) is 11.7 Å². The van der Waals surface area contributed by atoms with Crippen molar-refractivity contribution < 1.29 is 4.79 Å². The Morgan fingerprint density at radius 3 is 2.67 bits per heavy atom. The lowest BCUT2D eigenvalue weighted by Gasteiger charge is -2.37. The maximum absolute atomic E-state index is 13.2. The van der Waals surface area contributed by atoms with Gasteiger partial charge in [0.1, 0.15) is 6.33 Å². The largest absolute Gasteiger partial charge is 0.351 e. The van der Waals surface area contributed by atoms with Crippen LogP contribution < -0.4 is 10.6 Å². The normalized spacial score (nSPS) is 21.2. The van der Waals surface area contributed by atoms with Crippen LogP contribution in [0.1, 0.15) is 18.5 Å². The van der Waals surface area contributed by atoms with E-state index in [1.807, 2.05) is 43.3 Å². The number of benzene rings is 2.